The van der Waals surface area contributed by atoms with E-state index in [4.69, 9.17) is 0 Å². The summed E-state index contributed by atoms with van der Waals surface area (Å²) in [5.41, 5.74) is 0. The molecule has 0 rings (SSSR count). The smallest absolute Gasteiger partial charge is 0.189 e. The van der Waals surface area contributed by atoms with Crippen LogP contribution in [-0.4, -0.2) is 19.6 Å². The van der Waals surface area contributed by atoms with Crippen LogP contribution in [0.1, 0.15) is 13.8 Å². The van der Waals surface area contributed by atoms with Crippen molar-refractivity contribution in [1.82, 2.24) is 0 Å². The quantitative estimate of drug-likeness (QED) is 0.497. The number of carbonyl (C=O) groups is 2. The summed E-state index contributed by atoms with van der Waals surface area (Å²) in [5.74, 6) is 0. The molecule has 0 saturated heterocycles. The van der Waals surface area contributed by atoms with E-state index in [0.717, 1.165) is 0 Å². The Kier molecular flexibility index (Phi) is 2.61. The Morgan fingerprint density at radius 2 is 1.38 bits per heavy atom. The van der Waals surface area contributed by atoms with Crippen LogP contribution in [0, 0.1) is 0 Å². The minimum atomic E-state index is -1.63. The first-order valence-corrected chi connectivity index (χ1v) is 4.87. The van der Waals surface area contributed by atoms with E-state index in [0.29, 0.717) is 0 Å². The van der Waals surface area contributed by atoms with Crippen molar-refractivity contribution in [3.8, 4) is 0 Å². The summed E-state index contributed by atoms with van der Waals surface area (Å²) >= 11 is 0. The molecule has 0 saturated carbocycles. The zero-order chi connectivity index (χ0) is 6.73. The molecule has 0 bridgehead atoms. The monoisotopic (exact) mass is 130 g/mol. The molecule has 0 radical (unpaired) electrons. The Labute approximate surface area is 50.5 Å². The maximum absolute atomic E-state index is 10.4. The molecule has 0 atom stereocenters. The third kappa shape index (κ3) is 2.02. The number of hydrogen-bond donors (Lipinski definition) is 0. The van der Waals surface area contributed by atoms with Crippen molar-refractivity contribution in [3.63, 3.8) is 0 Å². The predicted octanol–water partition coefficient (Wildman–Crippen LogP) is 0.0997. The Bertz CT molecular complexity index is 106. The molecule has 2 nitrogen and oxygen atoms in total. The van der Waals surface area contributed by atoms with Crippen molar-refractivity contribution in [2.45, 2.75) is 20.4 Å². The van der Waals surface area contributed by atoms with E-state index in [9.17, 15) is 9.59 Å². The van der Waals surface area contributed by atoms with Crippen LogP contribution in [0.4, 0.5) is 0 Å². The van der Waals surface area contributed by atoms with Gasteiger partial charge in [0, 0.05) is 0 Å². The van der Waals surface area contributed by atoms with Crippen molar-refractivity contribution >= 4 is 19.6 Å². The first kappa shape index (κ1) is 7.56. The number of rotatable bonds is 2. The topological polar surface area (TPSA) is 34.1 Å². The molecule has 0 aromatic carbocycles. The van der Waals surface area contributed by atoms with Gasteiger partial charge in [0.05, 0.1) is 0 Å². The summed E-state index contributed by atoms with van der Waals surface area (Å²) < 4.78 is 0. The molecule has 0 amide bonds. The molecule has 3 heteroatoms. The lowest BCUT2D eigenvalue weighted by Crippen LogP contribution is -2.27. The van der Waals surface area contributed by atoms with Gasteiger partial charge in [-0.3, -0.25) is 0 Å². The predicted molar refractivity (Wildman–Crippen MR) is 34.4 cm³/mol. The van der Waals surface area contributed by atoms with Gasteiger partial charge in [0.2, 0.25) is 0 Å². The fourth-order valence-corrected chi connectivity index (χ4v) is 0.859. The van der Waals surface area contributed by atoms with Crippen LogP contribution in [0.2, 0.25) is 6.55 Å². The van der Waals surface area contributed by atoms with Gasteiger partial charge < -0.3 is 9.59 Å². The zero-order valence-electron chi connectivity index (χ0n) is 5.39. The lowest BCUT2D eigenvalue weighted by atomic mass is 10.9. The first-order valence-electron chi connectivity index (χ1n) is 2.56. The van der Waals surface area contributed by atoms with Gasteiger partial charge in [-0.1, -0.05) is 6.55 Å². The highest BCUT2D eigenvalue weighted by Crippen LogP contribution is 1.83. The minimum absolute atomic E-state index is 0.0810. The van der Waals surface area contributed by atoms with Gasteiger partial charge in [0.15, 0.2) is 8.80 Å². The molecule has 0 aromatic heterocycles. The molecule has 0 fully saturated rings. The van der Waals surface area contributed by atoms with Crippen molar-refractivity contribution in [2.75, 3.05) is 0 Å². The van der Waals surface area contributed by atoms with Crippen LogP contribution in [0.3, 0.4) is 0 Å². The van der Waals surface area contributed by atoms with E-state index in [1.54, 1.807) is 6.55 Å². The van der Waals surface area contributed by atoms with Crippen LogP contribution in [0.5, 0.6) is 0 Å². The first-order chi connectivity index (χ1) is 3.55. The van der Waals surface area contributed by atoms with Crippen molar-refractivity contribution in [1.29, 1.82) is 0 Å². The molecule has 0 heterocycles. The second kappa shape index (κ2) is 2.77. The second-order valence-electron chi connectivity index (χ2n) is 1.94. The molecule has 0 aliphatic heterocycles. The van der Waals surface area contributed by atoms with Gasteiger partial charge >= 0.3 is 0 Å². The van der Waals surface area contributed by atoms with Crippen molar-refractivity contribution < 1.29 is 9.59 Å². The lowest BCUT2D eigenvalue weighted by Gasteiger charge is -1.95. The number of hydrogen-bond acceptors (Lipinski definition) is 2. The van der Waals surface area contributed by atoms with Crippen molar-refractivity contribution in [2.24, 2.45) is 0 Å². The Balaban J connectivity index is 3.83. The fraction of sp³-hybridized carbons (Fsp3) is 0.600. The van der Waals surface area contributed by atoms with Gasteiger partial charge in [-0.15, -0.1) is 0 Å². The molecule has 0 N–H and O–H groups in total. The molecular weight excluding hydrogens is 120 g/mol. The highest BCUT2D eigenvalue weighted by molar-refractivity contribution is 7.09. The van der Waals surface area contributed by atoms with Crippen LogP contribution >= 0.6 is 0 Å². The van der Waals surface area contributed by atoms with E-state index >= 15 is 0 Å². The van der Waals surface area contributed by atoms with Crippen LogP contribution in [-0.2, 0) is 9.59 Å². The maximum Gasteiger partial charge on any atom is 0.189 e. The molecule has 46 valence electrons. The SMILES string of the molecule is CC(=O)[SiH](C)C(C)=O. The fourth-order valence-electron chi connectivity index (χ4n) is 0.286. The Morgan fingerprint density at radius 3 is 1.38 bits per heavy atom. The average Bonchev–Trinajstić information content (AvgIpc) is 1.64. The second-order valence-corrected chi connectivity index (χ2v) is 5.01. The molecular formula is C5H10O2Si. The lowest BCUT2D eigenvalue weighted by molar-refractivity contribution is -0.113. The number of carbonyl (C=O) groups excluding carboxylic acids is 2. The summed E-state index contributed by atoms with van der Waals surface area (Å²) in [6.45, 7) is 4.72. The Morgan fingerprint density at radius 1 is 1.12 bits per heavy atom. The van der Waals surface area contributed by atoms with E-state index in [2.05, 4.69) is 0 Å². The molecule has 0 spiro atoms. The molecule has 0 unspecified atom stereocenters. The normalized spacial score (nSPS) is 9.50. The van der Waals surface area contributed by atoms with E-state index in [-0.39, 0.29) is 10.8 Å². The minimum Gasteiger partial charge on any atom is -0.306 e. The summed E-state index contributed by atoms with van der Waals surface area (Å²) in [6, 6.07) is 0. The standard InChI is InChI=1S/C5H10O2Si/c1-4(6)8(3)5(2)7/h8H,1-3H3. The highest BCUT2D eigenvalue weighted by atomic mass is 28.3. The largest absolute Gasteiger partial charge is 0.306 e. The molecule has 0 aromatic rings. The maximum atomic E-state index is 10.4. The zero-order valence-corrected chi connectivity index (χ0v) is 6.55. The van der Waals surface area contributed by atoms with E-state index in [1.165, 1.54) is 13.8 Å². The third-order valence-corrected chi connectivity index (χ3v) is 3.66. The molecule has 0 aliphatic carbocycles. The summed E-state index contributed by atoms with van der Waals surface area (Å²) in [5, 5.41) is 0.162. The van der Waals surface area contributed by atoms with E-state index in [1.807, 2.05) is 0 Å². The molecule has 0 aliphatic rings. The van der Waals surface area contributed by atoms with Gasteiger partial charge in [0.1, 0.15) is 10.8 Å². The van der Waals surface area contributed by atoms with Gasteiger partial charge in [0.25, 0.3) is 0 Å². The van der Waals surface area contributed by atoms with Gasteiger partial charge in [-0.25, -0.2) is 0 Å². The average molecular weight is 130 g/mol. The Hall–Kier alpha value is -0.443. The van der Waals surface area contributed by atoms with Gasteiger partial charge in [-0.05, 0) is 13.8 Å². The summed E-state index contributed by atoms with van der Waals surface area (Å²) in [6.07, 6.45) is 0. The van der Waals surface area contributed by atoms with Gasteiger partial charge in [-0.2, -0.15) is 0 Å². The molecule has 8 heavy (non-hydrogen) atoms. The van der Waals surface area contributed by atoms with Crippen LogP contribution in [0.25, 0.3) is 0 Å². The van der Waals surface area contributed by atoms with Crippen molar-refractivity contribution in [3.05, 3.63) is 0 Å². The summed E-state index contributed by atoms with van der Waals surface area (Å²) in [7, 11) is -1.63. The van der Waals surface area contributed by atoms with Crippen LogP contribution in [0.15, 0.2) is 0 Å². The highest BCUT2D eigenvalue weighted by Gasteiger charge is 2.13. The summed E-state index contributed by atoms with van der Waals surface area (Å²) in [4.78, 5) is 20.9. The third-order valence-electron chi connectivity index (χ3n) is 1.22. The van der Waals surface area contributed by atoms with E-state index < -0.39 is 8.80 Å². The van der Waals surface area contributed by atoms with Crippen LogP contribution < -0.4 is 0 Å².